The number of carbonyl (C=O) groups excluding carboxylic acids is 2. The number of aromatic nitrogens is 3. The van der Waals surface area contributed by atoms with Crippen LogP contribution in [0.1, 0.15) is 12.5 Å². The van der Waals surface area contributed by atoms with Crippen molar-refractivity contribution in [3.05, 3.63) is 66.4 Å². The van der Waals surface area contributed by atoms with Gasteiger partial charge in [0, 0.05) is 42.1 Å². The van der Waals surface area contributed by atoms with Crippen LogP contribution < -0.4 is 15.4 Å². The summed E-state index contributed by atoms with van der Waals surface area (Å²) in [5.74, 6) is 0.426. The summed E-state index contributed by atoms with van der Waals surface area (Å²) in [6.07, 6.45) is 2.21. The van der Waals surface area contributed by atoms with Gasteiger partial charge >= 0.3 is 0 Å². The van der Waals surface area contributed by atoms with Crippen LogP contribution >= 0.6 is 0 Å². The number of ether oxygens (including phenoxy) is 1. The molecule has 0 aliphatic carbocycles. The minimum atomic E-state index is -0.747. The Balaban J connectivity index is 1.53. The second-order valence-electron chi connectivity index (χ2n) is 7.17. The zero-order valence-corrected chi connectivity index (χ0v) is 17.2. The zero-order chi connectivity index (χ0) is 21.8. The van der Waals surface area contributed by atoms with Gasteiger partial charge in [-0.2, -0.15) is 5.10 Å². The van der Waals surface area contributed by atoms with Gasteiger partial charge in [0.15, 0.2) is 5.82 Å². The Morgan fingerprint density at radius 1 is 1.13 bits per heavy atom. The third-order valence-electron chi connectivity index (χ3n) is 5.02. The van der Waals surface area contributed by atoms with E-state index in [9.17, 15) is 9.59 Å². The van der Waals surface area contributed by atoms with Crippen molar-refractivity contribution < 1.29 is 14.3 Å². The molecule has 31 heavy (non-hydrogen) atoms. The van der Waals surface area contributed by atoms with Crippen LogP contribution in [0.25, 0.3) is 22.2 Å². The van der Waals surface area contributed by atoms with Crippen molar-refractivity contribution in [3.63, 3.8) is 0 Å². The molecular weight excluding hydrogens is 394 g/mol. The molecule has 4 aromatic rings. The van der Waals surface area contributed by atoms with Gasteiger partial charge in [-0.05, 0) is 23.8 Å². The number of anilines is 1. The highest BCUT2D eigenvalue weighted by atomic mass is 16.5. The van der Waals surface area contributed by atoms with Crippen molar-refractivity contribution in [2.24, 2.45) is 0 Å². The molecule has 4 rings (SSSR count). The van der Waals surface area contributed by atoms with Crippen LogP contribution in [0.5, 0.6) is 5.75 Å². The van der Waals surface area contributed by atoms with Crippen LogP contribution in [0, 0.1) is 0 Å². The van der Waals surface area contributed by atoms with Crippen LogP contribution in [0.4, 0.5) is 5.82 Å². The smallest absolute Gasteiger partial charge is 0.248 e. The van der Waals surface area contributed by atoms with Crippen molar-refractivity contribution in [2.45, 2.75) is 19.4 Å². The first kappa shape index (κ1) is 20.2. The second-order valence-corrected chi connectivity index (χ2v) is 7.17. The first-order valence-corrected chi connectivity index (χ1v) is 9.87. The Hall–Kier alpha value is -4.07. The van der Waals surface area contributed by atoms with E-state index in [1.807, 2.05) is 54.7 Å². The van der Waals surface area contributed by atoms with Crippen LogP contribution in [-0.2, 0) is 16.0 Å². The van der Waals surface area contributed by atoms with Gasteiger partial charge in [0.2, 0.25) is 11.8 Å². The molecule has 2 heterocycles. The molecule has 0 bridgehead atoms. The van der Waals surface area contributed by atoms with Crippen LogP contribution in [0.3, 0.4) is 0 Å². The molecule has 0 aliphatic heterocycles. The molecule has 0 aliphatic rings. The Labute approximate surface area is 179 Å². The predicted octanol–water partition coefficient (Wildman–Crippen LogP) is 3.25. The van der Waals surface area contributed by atoms with Gasteiger partial charge in [-0.1, -0.05) is 30.3 Å². The first-order chi connectivity index (χ1) is 15.0. The quantitative estimate of drug-likeness (QED) is 0.370. The van der Waals surface area contributed by atoms with Gasteiger partial charge in [-0.25, -0.2) is 0 Å². The largest absolute Gasteiger partial charge is 0.496 e. The summed E-state index contributed by atoms with van der Waals surface area (Å²) in [4.78, 5) is 27.9. The molecular formula is C23H23N5O3. The van der Waals surface area contributed by atoms with Crippen LogP contribution in [0.2, 0.25) is 0 Å². The average Bonchev–Trinajstić information content (AvgIpc) is 3.40. The predicted molar refractivity (Wildman–Crippen MR) is 119 cm³/mol. The Morgan fingerprint density at radius 3 is 2.71 bits per heavy atom. The topological polar surface area (TPSA) is 112 Å². The molecule has 158 valence electrons. The number of fused-ring (bicyclic) bond motifs is 1. The normalized spacial score (nSPS) is 11.8. The molecule has 2 amide bonds. The van der Waals surface area contributed by atoms with Gasteiger partial charge in [0.05, 0.1) is 12.8 Å². The number of methoxy groups -OCH3 is 1. The highest BCUT2D eigenvalue weighted by Crippen LogP contribution is 2.29. The molecule has 0 saturated heterocycles. The minimum absolute atomic E-state index is 0.281. The molecule has 1 atom stereocenters. The summed E-state index contributed by atoms with van der Waals surface area (Å²) in [7, 11) is 1.60. The van der Waals surface area contributed by atoms with E-state index in [2.05, 4.69) is 25.8 Å². The Morgan fingerprint density at radius 2 is 1.90 bits per heavy atom. The fourth-order valence-electron chi connectivity index (χ4n) is 3.58. The van der Waals surface area contributed by atoms with Crippen molar-refractivity contribution in [2.75, 3.05) is 12.4 Å². The molecule has 0 radical (unpaired) electrons. The fraction of sp³-hybridized carbons (Fsp3) is 0.174. The van der Waals surface area contributed by atoms with Crippen molar-refractivity contribution >= 4 is 28.5 Å². The highest BCUT2D eigenvalue weighted by Gasteiger charge is 2.22. The lowest BCUT2D eigenvalue weighted by Crippen LogP contribution is -2.44. The van der Waals surface area contributed by atoms with Crippen molar-refractivity contribution in [1.29, 1.82) is 0 Å². The number of nitrogens with zero attached hydrogens (tertiary/aromatic N) is 1. The van der Waals surface area contributed by atoms with Gasteiger partial charge in [-0.3, -0.25) is 14.7 Å². The second kappa shape index (κ2) is 8.74. The molecule has 8 heteroatoms. The molecule has 0 saturated carbocycles. The molecule has 8 nitrogen and oxygen atoms in total. The first-order valence-electron chi connectivity index (χ1n) is 9.87. The SMILES string of the molecule is COc1ccccc1-c1cc(NC(=O)C(Cc2c[nH]c3ccccc23)NC(C)=O)n[nH]1. The van der Waals surface area contributed by atoms with E-state index in [-0.39, 0.29) is 11.8 Å². The van der Waals surface area contributed by atoms with E-state index in [0.29, 0.717) is 23.7 Å². The lowest BCUT2D eigenvalue weighted by Gasteiger charge is -2.16. The third-order valence-corrected chi connectivity index (χ3v) is 5.02. The van der Waals surface area contributed by atoms with E-state index in [1.165, 1.54) is 6.92 Å². The Bertz CT molecular complexity index is 1230. The number of amides is 2. The molecule has 4 N–H and O–H groups in total. The van der Waals surface area contributed by atoms with Crippen LogP contribution in [0.15, 0.2) is 60.8 Å². The van der Waals surface area contributed by atoms with E-state index < -0.39 is 6.04 Å². The summed E-state index contributed by atoms with van der Waals surface area (Å²) in [6.45, 7) is 1.39. The number of rotatable bonds is 7. The van der Waals surface area contributed by atoms with Crippen molar-refractivity contribution in [1.82, 2.24) is 20.5 Å². The highest BCUT2D eigenvalue weighted by molar-refractivity contribution is 5.97. The maximum atomic E-state index is 13.0. The van der Waals surface area contributed by atoms with E-state index in [1.54, 1.807) is 13.2 Å². The summed E-state index contributed by atoms with van der Waals surface area (Å²) >= 11 is 0. The zero-order valence-electron chi connectivity index (χ0n) is 17.2. The maximum absolute atomic E-state index is 13.0. The molecule has 0 spiro atoms. The number of para-hydroxylation sites is 2. The Kier molecular flexibility index (Phi) is 5.70. The molecule has 0 fully saturated rings. The van der Waals surface area contributed by atoms with Gasteiger partial charge in [0.25, 0.3) is 0 Å². The number of aromatic amines is 2. The number of carbonyl (C=O) groups is 2. The lowest BCUT2D eigenvalue weighted by molar-refractivity contribution is -0.125. The maximum Gasteiger partial charge on any atom is 0.248 e. The van der Waals surface area contributed by atoms with Crippen LogP contribution in [-0.4, -0.2) is 40.1 Å². The number of hydrogen-bond acceptors (Lipinski definition) is 4. The van der Waals surface area contributed by atoms with Gasteiger partial charge < -0.3 is 20.4 Å². The van der Waals surface area contributed by atoms with E-state index in [0.717, 1.165) is 22.0 Å². The number of H-pyrrole nitrogens is 2. The van der Waals surface area contributed by atoms with Gasteiger partial charge in [0.1, 0.15) is 11.8 Å². The standard InChI is InChI=1S/C23H23N5O3/c1-14(29)25-20(11-15-13-24-18-9-5-3-7-16(15)18)23(30)26-22-12-19(27-28-22)17-8-4-6-10-21(17)31-2/h3-10,12-13,20,24H,11H2,1-2H3,(H,25,29)(H2,26,27,28,30). The number of nitrogens with one attached hydrogen (secondary N) is 4. The van der Waals surface area contributed by atoms with E-state index in [4.69, 9.17) is 4.74 Å². The summed E-state index contributed by atoms with van der Waals surface area (Å²) in [5.41, 5.74) is 3.46. The molecule has 2 aromatic heterocycles. The summed E-state index contributed by atoms with van der Waals surface area (Å²) < 4.78 is 5.38. The third kappa shape index (κ3) is 4.42. The molecule has 1 unspecified atom stereocenters. The van der Waals surface area contributed by atoms with E-state index >= 15 is 0 Å². The number of hydrogen-bond donors (Lipinski definition) is 4. The van der Waals surface area contributed by atoms with Crippen molar-refractivity contribution in [3.8, 4) is 17.0 Å². The summed E-state index contributed by atoms with van der Waals surface area (Å²) in [5, 5.41) is 13.6. The summed E-state index contributed by atoms with van der Waals surface area (Å²) in [6, 6.07) is 16.3. The monoisotopic (exact) mass is 417 g/mol. The number of benzene rings is 2. The molecule has 2 aromatic carbocycles. The lowest BCUT2D eigenvalue weighted by atomic mass is 10.0. The minimum Gasteiger partial charge on any atom is -0.496 e. The average molecular weight is 417 g/mol. The fourth-order valence-corrected chi connectivity index (χ4v) is 3.58. The van der Waals surface area contributed by atoms with Gasteiger partial charge in [-0.15, -0.1) is 0 Å².